The Hall–Kier alpha value is -0.600. The molecule has 0 N–H and O–H groups in total. The second kappa shape index (κ2) is 6.87. The van der Waals surface area contributed by atoms with Crippen LogP contribution in [0.3, 0.4) is 0 Å². The molecule has 2 heteroatoms. The van der Waals surface area contributed by atoms with Gasteiger partial charge >= 0.3 is 0 Å². The second-order valence-corrected chi connectivity index (χ2v) is 5.02. The predicted octanol–water partition coefficient (Wildman–Crippen LogP) is 4.24. The van der Waals surface area contributed by atoms with Gasteiger partial charge in [0.2, 0.25) is 0 Å². The lowest BCUT2D eigenvalue weighted by Gasteiger charge is -2.27. The second-order valence-electron chi connectivity index (χ2n) is 4.11. The molecule has 0 amide bonds. The monoisotopic (exact) mass is 281 g/mol. The first-order chi connectivity index (χ1) is 7.67. The van der Waals surface area contributed by atoms with Gasteiger partial charge in [-0.3, -0.25) is 4.90 Å². The lowest BCUT2D eigenvalue weighted by molar-refractivity contribution is 0.217. The van der Waals surface area contributed by atoms with E-state index in [1.54, 1.807) is 0 Å². The lowest BCUT2D eigenvalue weighted by atomic mass is 10.1. The van der Waals surface area contributed by atoms with Crippen LogP contribution < -0.4 is 0 Å². The molecule has 1 rings (SSSR count). The van der Waals surface area contributed by atoms with Crippen molar-refractivity contribution in [1.82, 2.24) is 4.90 Å². The van der Waals surface area contributed by atoms with Gasteiger partial charge in [0.1, 0.15) is 0 Å². The van der Waals surface area contributed by atoms with Crippen LogP contribution >= 0.6 is 15.9 Å². The SMILES string of the molecule is C=CCN(Cc1cccc(Br)c1)C(C)CC. The Morgan fingerprint density at radius 1 is 1.50 bits per heavy atom. The summed E-state index contributed by atoms with van der Waals surface area (Å²) in [7, 11) is 0. The van der Waals surface area contributed by atoms with Crippen LogP contribution in [0.15, 0.2) is 41.4 Å². The summed E-state index contributed by atoms with van der Waals surface area (Å²) >= 11 is 3.51. The van der Waals surface area contributed by atoms with Gasteiger partial charge in [-0.05, 0) is 31.0 Å². The maximum absolute atomic E-state index is 3.83. The zero-order valence-corrected chi connectivity index (χ0v) is 11.7. The molecule has 0 heterocycles. The van der Waals surface area contributed by atoms with E-state index in [1.807, 2.05) is 6.08 Å². The van der Waals surface area contributed by atoms with Crippen LogP contribution in [0.4, 0.5) is 0 Å². The average Bonchev–Trinajstić information content (AvgIpc) is 2.27. The molecule has 1 unspecified atom stereocenters. The third-order valence-corrected chi connectivity index (χ3v) is 3.35. The van der Waals surface area contributed by atoms with Gasteiger partial charge < -0.3 is 0 Å². The van der Waals surface area contributed by atoms with Gasteiger partial charge in [0.15, 0.2) is 0 Å². The van der Waals surface area contributed by atoms with E-state index < -0.39 is 0 Å². The molecule has 16 heavy (non-hydrogen) atoms. The molecule has 0 saturated heterocycles. The van der Waals surface area contributed by atoms with Crippen molar-refractivity contribution in [3.8, 4) is 0 Å². The molecule has 0 aliphatic heterocycles. The summed E-state index contributed by atoms with van der Waals surface area (Å²) in [5.74, 6) is 0. The fourth-order valence-electron chi connectivity index (χ4n) is 1.69. The maximum atomic E-state index is 3.83. The number of nitrogens with zero attached hydrogens (tertiary/aromatic N) is 1. The van der Waals surface area contributed by atoms with Crippen LogP contribution in [0, 0.1) is 0 Å². The van der Waals surface area contributed by atoms with Crippen molar-refractivity contribution in [2.24, 2.45) is 0 Å². The molecular formula is C14H20BrN. The summed E-state index contributed by atoms with van der Waals surface area (Å²) in [4.78, 5) is 2.44. The van der Waals surface area contributed by atoms with Gasteiger partial charge in [-0.25, -0.2) is 0 Å². The Bertz CT molecular complexity index is 335. The Balaban J connectivity index is 2.70. The van der Waals surface area contributed by atoms with Crippen LogP contribution in [-0.4, -0.2) is 17.5 Å². The van der Waals surface area contributed by atoms with Crippen molar-refractivity contribution in [2.75, 3.05) is 6.54 Å². The molecule has 0 fully saturated rings. The topological polar surface area (TPSA) is 3.24 Å². The highest BCUT2D eigenvalue weighted by Crippen LogP contribution is 2.15. The van der Waals surface area contributed by atoms with Crippen molar-refractivity contribution in [3.63, 3.8) is 0 Å². The fourth-order valence-corrected chi connectivity index (χ4v) is 2.14. The molecule has 0 bridgehead atoms. The third kappa shape index (κ3) is 4.11. The molecule has 1 atom stereocenters. The molecule has 0 spiro atoms. The molecule has 88 valence electrons. The zero-order valence-electron chi connectivity index (χ0n) is 10.1. The Morgan fingerprint density at radius 3 is 2.81 bits per heavy atom. The van der Waals surface area contributed by atoms with Gasteiger partial charge in [-0.2, -0.15) is 0 Å². The number of benzene rings is 1. The number of rotatable bonds is 6. The summed E-state index contributed by atoms with van der Waals surface area (Å²) in [6.45, 7) is 10.2. The van der Waals surface area contributed by atoms with E-state index in [-0.39, 0.29) is 0 Å². The summed E-state index contributed by atoms with van der Waals surface area (Å²) in [6.07, 6.45) is 3.14. The van der Waals surface area contributed by atoms with Crippen molar-refractivity contribution in [1.29, 1.82) is 0 Å². The van der Waals surface area contributed by atoms with Gasteiger partial charge in [-0.15, -0.1) is 6.58 Å². The maximum Gasteiger partial charge on any atom is 0.0240 e. The minimum atomic E-state index is 0.594. The van der Waals surface area contributed by atoms with Crippen molar-refractivity contribution < 1.29 is 0 Å². The summed E-state index contributed by atoms with van der Waals surface area (Å²) in [5.41, 5.74) is 1.34. The van der Waals surface area contributed by atoms with Crippen LogP contribution in [0.25, 0.3) is 0 Å². The first-order valence-corrected chi connectivity index (χ1v) is 6.56. The normalized spacial score (nSPS) is 12.8. The molecule has 0 aromatic heterocycles. The summed E-state index contributed by atoms with van der Waals surface area (Å²) in [6, 6.07) is 9.09. The standard InChI is InChI=1S/C14H20BrN/c1-4-9-16(12(3)5-2)11-13-7-6-8-14(15)10-13/h4,6-8,10,12H,1,5,9,11H2,2-3H3. The Kier molecular flexibility index (Phi) is 5.78. The highest BCUT2D eigenvalue weighted by molar-refractivity contribution is 9.10. The summed E-state index contributed by atoms with van der Waals surface area (Å²) in [5, 5.41) is 0. The molecule has 0 saturated carbocycles. The van der Waals surface area contributed by atoms with E-state index in [1.165, 1.54) is 12.0 Å². The van der Waals surface area contributed by atoms with E-state index in [9.17, 15) is 0 Å². The highest BCUT2D eigenvalue weighted by Gasteiger charge is 2.10. The minimum Gasteiger partial charge on any atom is -0.293 e. The molecular weight excluding hydrogens is 262 g/mol. The molecule has 1 aromatic rings. The molecule has 1 nitrogen and oxygen atoms in total. The van der Waals surface area contributed by atoms with Gasteiger partial charge in [0, 0.05) is 23.6 Å². The minimum absolute atomic E-state index is 0.594. The first kappa shape index (κ1) is 13.5. The van der Waals surface area contributed by atoms with Crippen LogP contribution in [0.2, 0.25) is 0 Å². The molecule has 0 radical (unpaired) electrons. The summed E-state index contributed by atoms with van der Waals surface area (Å²) < 4.78 is 1.15. The third-order valence-electron chi connectivity index (χ3n) is 2.85. The van der Waals surface area contributed by atoms with Crippen molar-refractivity contribution in [3.05, 3.63) is 47.0 Å². The molecule has 1 aromatic carbocycles. The van der Waals surface area contributed by atoms with Gasteiger partial charge in [0.05, 0.1) is 0 Å². The quantitative estimate of drug-likeness (QED) is 0.705. The Morgan fingerprint density at radius 2 is 2.25 bits per heavy atom. The van der Waals surface area contributed by atoms with Crippen LogP contribution in [0.1, 0.15) is 25.8 Å². The van der Waals surface area contributed by atoms with Gasteiger partial charge in [-0.1, -0.05) is 41.1 Å². The van der Waals surface area contributed by atoms with E-state index in [2.05, 4.69) is 65.5 Å². The van der Waals surface area contributed by atoms with E-state index >= 15 is 0 Å². The largest absolute Gasteiger partial charge is 0.293 e. The highest BCUT2D eigenvalue weighted by atomic mass is 79.9. The predicted molar refractivity (Wildman–Crippen MR) is 74.5 cm³/mol. The lowest BCUT2D eigenvalue weighted by Crippen LogP contribution is -2.32. The molecule has 0 aliphatic rings. The zero-order chi connectivity index (χ0) is 12.0. The average molecular weight is 282 g/mol. The van der Waals surface area contributed by atoms with Crippen molar-refractivity contribution >= 4 is 15.9 Å². The van der Waals surface area contributed by atoms with E-state index in [4.69, 9.17) is 0 Å². The fraction of sp³-hybridized carbons (Fsp3) is 0.429. The Labute approximate surface area is 107 Å². The smallest absolute Gasteiger partial charge is 0.0240 e. The first-order valence-electron chi connectivity index (χ1n) is 5.76. The number of hydrogen-bond donors (Lipinski definition) is 0. The van der Waals surface area contributed by atoms with Crippen molar-refractivity contribution in [2.45, 2.75) is 32.9 Å². The van der Waals surface area contributed by atoms with E-state index in [0.29, 0.717) is 6.04 Å². The number of hydrogen-bond acceptors (Lipinski definition) is 1. The van der Waals surface area contributed by atoms with Gasteiger partial charge in [0.25, 0.3) is 0 Å². The van der Waals surface area contributed by atoms with E-state index in [0.717, 1.165) is 17.6 Å². The van der Waals surface area contributed by atoms with Crippen LogP contribution in [0.5, 0.6) is 0 Å². The van der Waals surface area contributed by atoms with Crippen LogP contribution in [-0.2, 0) is 6.54 Å². The number of halogens is 1. The molecule has 0 aliphatic carbocycles.